The van der Waals surface area contributed by atoms with Crippen LogP contribution in [0.15, 0.2) is 60.5 Å². The molecule has 4 rings (SSSR count). The van der Waals surface area contributed by atoms with Crippen molar-refractivity contribution in [3.63, 3.8) is 0 Å². The van der Waals surface area contributed by atoms with Gasteiger partial charge in [-0.05, 0) is 55.3 Å². The van der Waals surface area contributed by atoms with Crippen molar-refractivity contribution in [3.8, 4) is 5.75 Å². The number of imidazole rings is 1. The number of carbonyl (C=O) groups excluding carboxylic acids is 4. The van der Waals surface area contributed by atoms with Crippen molar-refractivity contribution in [3.05, 3.63) is 70.9 Å². The molecule has 1 atom stereocenters. The third-order valence-corrected chi connectivity index (χ3v) is 8.31. The van der Waals surface area contributed by atoms with E-state index in [-0.39, 0.29) is 43.8 Å². The van der Waals surface area contributed by atoms with E-state index in [2.05, 4.69) is 4.98 Å². The third-order valence-electron chi connectivity index (χ3n) is 7.38. The minimum atomic E-state index is -0.956. The van der Waals surface area contributed by atoms with Crippen molar-refractivity contribution in [1.29, 1.82) is 0 Å². The van der Waals surface area contributed by atoms with Crippen LogP contribution in [0.2, 0.25) is 0 Å². The van der Waals surface area contributed by atoms with Gasteiger partial charge in [0.15, 0.2) is 0 Å². The van der Waals surface area contributed by atoms with Gasteiger partial charge in [0.25, 0.3) is 0 Å². The largest absolute Gasteiger partial charge is 0.497 e. The smallest absolute Gasteiger partial charge is 0.325 e. The summed E-state index contributed by atoms with van der Waals surface area (Å²) in [5, 5.41) is 1.97. The number of ether oxygens (including phenoxy) is 2. The van der Waals surface area contributed by atoms with Crippen LogP contribution in [0.3, 0.4) is 0 Å². The highest BCUT2D eigenvalue weighted by molar-refractivity contribution is 7.09. The SMILES string of the molecule is CCOC(=O)CN(CCCn1ccnc1)C(=O)CC1C(=O)N(CCc2ccc(OC)cc2)CC(=O)N1CCc1cccs1. The molecular formula is C31H39N5O6S. The van der Waals surface area contributed by atoms with Gasteiger partial charge in [0.2, 0.25) is 17.7 Å². The molecule has 11 nitrogen and oxygen atoms in total. The topological polar surface area (TPSA) is 114 Å². The Bertz CT molecular complexity index is 1330. The average Bonchev–Trinajstić information content (AvgIpc) is 3.72. The van der Waals surface area contributed by atoms with Gasteiger partial charge in [-0.25, -0.2) is 4.98 Å². The van der Waals surface area contributed by atoms with Crippen LogP contribution < -0.4 is 4.74 Å². The first-order valence-electron chi connectivity index (χ1n) is 14.5. The molecule has 0 radical (unpaired) electrons. The van der Waals surface area contributed by atoms with Gasteiger partial charge < -0.3 is 28.7 Å². The number of benzene rings is 1. The lowest BCUT2D eigenvalue weighted by Crippen LogP contribution is -2.61. The van der Waals surface area contributed by atoms with Gasteiger partial charge >= 0.3 is 5.97 Å². The van der Waals surface area contributed by atoms with Gasteiger partial charge in [0.1, 0.15) is 18.3 Å². The Balaban J connectivity index is 1.48. The molecule has 2 aromatic heterocycles. The van der Waals surface area contributed by atoms with Crippen LogP contribution in [0, 0.1) is 0 Å². The van der Waals surface area contributed by atoms with E-state index in [0.717, 1.165) is 16.2 Å². The quantitative estimate of drug-likeness (QED) is 0.230. The lowest BCUT2D eigenvalue weighted by molar-refractivity contribution is -0.158. The van der Waals surface area contributed by atoms with Crippen LogP contribution in [0.4, 0.5) is 0 Å². The summed E-state index contributed by atoms with van der Waals surface area (Å²) >= 11 is 1.59. The number of aromatic nitrogens is 2. The van der Waals surface area contributed by atoms with E-state index in [1.807, 2.05) is 52.5 Å². The summed E-state index contributed by atoms with van der Waals surface area (Å²) in [6.45, 7) is 3.22. The summed E-state index contributed by atoms with van der Waals surface area (Å²) in [4.78, 5) is 63.0. The predicted molar refractivity (Wildman–Crippen MR) is 161 cm³/mol. The number of nitrogens with zero attached hydrogens (tertiary/aromatic N) is 5. The molecule has 3 heterocycles. The first-order valence-corrected chi connectivity index (χ1v) is 15.4. The normalized spacial score (nSPS) is 15.1. The zero-order chi connectivity index (χ0) is 30.6. The zero-order valence-electron chi connectivity index (χ0n) is 24.7. The van der Waals surface area contributed by atoms with Crippen molar-refractivity contribution >= 4 is 35.0 Å². The molecule has 1 saturated heterocycles. The number of hydrogen-bond donors (Lipinski definition) is 0. The molecule has 1 fully saturated rings. The van der Waals surface area contributed by atoms with Crippen molar-refractivity contribution < 1.29 is 28.7 Å². The molecule has 1 aromatic carbocycles. The van der Waals surface area contributed by atoms with Gasteiger partial charge in [0.05, 0.1) is 33.0 Å². The van der Waals surface area contributed by atoms with Crippen molar-refractivity contribution in [2.45, 2.75) is 45.2 Å². The molecule has 230 valence electrons. The molecule has 3 amide bonds. The summed E-state index contributed by atoms with van der Waals surface area (Å²) in [5.74, 6) is -0.601. The number of esters is 1. The Morgan fingerprint density at radius 1 is 1.09 bits per heavy atom. The molecule has 43 heavy (non-hydrogen) atoms. The average molecular weight is 610 g/mol. The van der Waals surface area contributed by atoms with Crippen LogP contribution in [-0.2, 0) is 43.3 Å². The highest BCUT2D eigenvalue weighted by Crippen LogP contribution is 2.21. The molecule has 12 heteroatoms. The fourth-order valence-corrected chi connectivity index (χ4v) is 5.77. The fraction of sp³-hybridized carbons (Fsp3) is 0.452. The standard InChI is InChI=1S/C31H39N5O6S/c1-3-42-30(39)22-34(15-5-14-33-18-13-32-23-33)28(37)20-27-31(40)35(16-11-24-7-9-25(41-2)10-8-24)21-29(38)36(27)17-12-26-6-4-19-43-26/h4,6-10,13,18-19,23,27H,3,5,11-12,14-17,20-22H2,1-2H3. The third kappa shape index (κ3) is 9.15. The van der Waals surface area contributed by atoms with Gasteiger partial charge in [0, 0.05) is 43.4 Å². The molecule has 0 bridgehead atoms. The molecule has 1 aliphatic rings. The Morgan fingerprint density at radius 3 is 2.58 bits per heavy atom. The molecule has 1 unspecified atom stereocenters. The highest BCUT2D eigenvalue weighted by atomic mass is 32.1. The van der Waals surface area contributed by atoms with Crippen molar-refractivity contribution in [2.24, 2.45) is 0 Å². The summed E-state index contributed by atoms with van der Waals surface area (Å²) < 4.78 is 12.2. The minimum absolute atomic E-state index is 0.0401. The van der Waals surface area contributed by atoms with Crippen LogP contribution in [-0.4, -0.2) is 100 Å². The highest BCUT2D eigenvalue weighted by Gasteiger charge is 2.41. The van der Waals surface area contributed by atoms with Crippen molar-refractivity contribution in [1.82, 2.24) is 24.3 Å². The number of amides is 3. The Kier molecular flexibility index (Phi) is 11.7. The Morgan fingerprint density at radius 2 is 1.91 bits per heavy atom. The molecule has 0 aliphatic carbocycles. The van der Waals surface area contributed by atoms with Crippen LogP contribution in [0.5, 0.6) is 5.75 Å². The van der Waals surface area contributed by atoms with E-state index < -0.39 is 12.0 Å². The number of carbonyl (C=O) groups is 4. The summed E-state index contributed by atoms with van der Waals surface area (Å²) in [6, 6.07) is 10.6. The monoisotopic (exact) mass is 609 g/mol. The zero-order valence-corrected chi connectivity index (χ0v) is 25.5. The molecule has 0 spiro atoms. The second-order valence-corrected chi connectivity index (χ2v) is 11.3. The lowest BCUT2D eigenvalue weighted by Gasteiger charge is -2.40. The number of rotatable bonds is 16. The first kappa shape index (κ1) is 31.7. The Hall–Kier alpha value is -4.19. The molecule has 1 aliphatic heterocycles. The molecular weight excluding hydrogens is 570 g/mol. The maximum atomic E-state index is 13.9. The second-order valence-electron chi connectivity index (χ2n) is 10.3. The van der Waals surface area contributed by atoms with Gasteiger partial charge in [-0.2, -0.15) is 0 Å². The number of thiophene rings is 1. The predicted octanol–water partition coefficient (Wildman–Crippen LogP) is 2.65. The maximum Gasteiger partial charge on any atom is 0.325 e. The summed E-state index contributed by atoms with van der Waals surface area (Å²) in [5.41, 5.74) is 1.01. The molecule has 3 aromatic rings. The molecule has 0 saturated carbocycles. The number of aryl methyl sites for hydroxylation is 1. The van der Waals surface area contributed by atoms with E-state index in [1.165, 1.54) is 9.80 Å². The fourth-order valence-electron chi connectivity index (χ4n) is 5.07. The Labute approximate surface area is 256 Å². The van der Waals surface area contributed by atoms with Gasteiger partial charge in [-0.15, -0.1) is 11.3 Å². The van der Waals surface area contributed by atoms with Crippen LogP contribution in [0.1, 0.15) is 30.2 Å². The van der Waals surface area contributed by atoms with Crippen molar-refractivity contribution in [2.75, 3.05) is 46.4 Å². The lowest BCUT2D eigenvalue weighted by atomic mass is 10.0. The van der Waals surface area contributed by atoms with Crippen LogP contribution in [0.25, 0.3) is 0 Å². The molecule has 0 N–H and O–H groups in total. The van der Waals surface area contributed by atoms with Gasteiger partial charge in [-0.3, -0.25) is 19.2 Å². The van der Waals surface area contributed by atoms with E-state index in [1.54, 1.807) is 42.8 Å². The second kappa shape index (κ2) is 15.9. The van der Waals surface area contributed by atoms with Crippen LogP contribution >= 0.6 is 11.3 Å². The minimum Gasteiger partial charge on any atom is -0.497 e. The van der Waals surface area contributed by atoms with E-state index in [0.29, 0.717) is 45.4 Å². The van der Waals surface area contributed by atoms with Gasteiger partial charge in [-0.1, -0.05) is 18.2 Å². The number of hydrogen-bond acceptors (Lipinski definition) is 8. The number of piperazine rings is 1. The summed E-state index contributed by atoms with van der Waals surface area (Å²) in [6.07, 6.45) is 6.71. The maximum absolute atomic E-state index is 13.9. The first-order chi connectivity index (χ1) is 20.9. The summed E-state index contributed by atoms with van der Waals surface area (Å²) in [7, 11) is 1.60. The number of methoxy groups -OCH3 is 1. The van der Waals surface area contributed by atoms with E-state index >= 15 is 0 Å². The van der Waals surface area contributed by atoms with E-state index in [4.69, 9.17) is 9.47 Å². The van der Waals surface area contributed by atoms with E-state index in [9.17, 15) is 19.2 Å².